The van der Waals surface area contributed by atoms with Crippen molar-refractivity contribution in [2.45, 2.75) is 32.4 Å². The van der Waals surface area contributed by atoms with Gasteiger partial charge in [-0.25, -0.2) is 0 Å². The third-order valence-electron chi connectivity index (χ3n) is 3.89. The van der Waals surface area contributed by atoms with Crippen molar-refractivity contribution in [1.29, 1.82) is 0 Å². The quantitative estimate of drug-likeness (QED) is 0.722. The van der Waals surface area contributed by atoms with E-state index in [-0.39, 0.29) is 13.0 Å². The van der Waals surface area contributed by atoms with E-state index in [2.05, 4.69) is 5.32 Å². The van der Waals surface area contributed by atoms with Crippen LogP contribution in [-0.4, -0.2) is 35.7 Å². The van der Waals surface area contributed by atoms with Gasteiger partial charge in [0, 0.05) is 0 Å². The maximum Gasteiger partial charge on any atom is 0.322 e. The number of benzene rings is 2. The fourth-order valence-electron chi connectivity index (χ4n) is 2.55. The molecule has 2 aromatic rings. The maximum atomic E-state index is 11.7. The molecule has 0 saturated heterocycles. The molecule has 0 radical (unpaired) electrons. The van der Waals surface area contributed by atoms with Crippen molar-refractivity contribution in [3.63, 3.8) is 0 Å². The van der Waals surface area contributed by atoms with E-state index in [1.807, 2.05) is 54.6 Å². The fourth-order valence-corrected chi connectivity index (χ4v) is 2.55. The number of hydrogen-bond acceptors (Lipinski definition) is 4. The minimum Gasteiger partial charge on any atom is -0.480 e. The summed E-state index contributed by atoms with van der Waals surface area (Å²) in [6.07, 6.45) is 0.286. The number of rotatable bonds is 8. The van der Waals surface area contributed by atoms with Crippen molar-refractivity contribution in [2.24, 2.45) is 0 Å². The van der Waals surface area contributed by atoms with Gasteiger partial charge < -0.3 is 9.84 Å². The molecule has 2 unspecified atom stereocenters. The number of ether oxygens (including phenoxy) is 1. The summed E-state index contributed by atoms with van der Waals surface area (Å²) in [6.45, 7) is 3.59. The molecule has 132 valence electrons. The molecule has 0 heterocycles. The Bertz CT molecular complexity index is 697. The van der Waals surface area contributed by atoms with Crippen molar-refractivity contribution in [2.75, 3.05) is 6.61 Å². The van der Waals surface area contributed by atoms with Crippen molar-refractivity contribution < 1.29 is 19.4 Å². The minimum atomic E-state index is -0.997. The van der Waals surface area contributed by atoms with Crippen LogP contribution in [0.25, 0.3) is 11.1 Å². The molecule has 5 heteroatoms. The Morgan fingerprint density at radius 1 is 1.04 bits per heavy atom. The first-order valence-corrected chi connectivity index (χ1v) is 8.31. The van der Waals surface area contributed by atoms with Crippen LogP contribution < -0.4 is 5.32 Å². The number of esters is 1. The van der Waals surface area contributed by atoms with Crippen molar-refractivity contribution >= 4 is 11.9 Å². The summed E-state index contributed by atoms with van der Waals surface area (Å²) in [5.74, 6) is -1.45. The standard InChI is InChI=1S/C20H23NO4/c1-3-25-20(24)14(2)21-18(19(22)23)13-15-9-11-17(12-10-15)16-7-5-4-6-8-16/h4-12,14,18,21H,3,13H2,1-2H3,(H,22,23). The molecule has 0 aromatic heterocycles. The number of carboxylic acid groups (broad SMARTS) is 1. The van der Waals surface area contributed by atoms with Crippen LogP contribution >= 0.6 is 0 Å². The highest BCUT2D eigenvalue weighted by atomic mass is 16.5. The minimum absolute atomic E-state index is 0.267. The van der Waals surface area contributed by atoms with E-state index in [4.69, 9.17) is 4.74 Å². The average Bonchev–Trinajstić information content (AvgIpc) is 2.62. The van der Waals surface area contributed by atoms with Gasteiger partial charge in [-0.15, -0.1) is 0 Å². The number of aliphatic carboxylic acids is 1. The Balaban J connectivity index is 2.04. The van der Waals surface area contributed by atoms with E-state index < -0.39 is 24.0 Å². The topological polar surface area (TPSA) is 75.6 Å². The smallest absolute Gasteiger partial charge is 0.322 e. The Morgan fingerprint density at radius 2 is 1.64 bits per heavy atom. The van der Waals surface area contributed by atoms with Gasteiger partial charge in [0.05, 0.1) is 6.61 Å². The van der Waals surface area contributed by atoms with Crippen LogP contribution in [0.2, 0.25) is 0 Å². The van der Waals surface area contributed by atoms with Gasteiger partial charge in [0.1, 0.15) is 12.1 Å². The van der Waals surface area contributed by atoms with Crippen LogP contribution in [0.5, 0.6) is 0 Å². The summed E-state index contributed by atoms with van der Waals surface area (Å²) in [7, 11) is 0. The van der Waals surface area contributed by atoms with Crippen LogP contribution in [0.15, 0.2) is 54.6 Å². The molecule has 0 bridgehead atoms. The summed E-state index contributed by atoms with van der Waals surface area (Å²) in [6, 6.07) is 16.2. The first-order valence-electron chi connectivity index (χ1n) is 8.31. The summed E-state index contributed by atoms with van der Waals surface area (Å²) in [5, 5.41) is 12.2. The van der Waals surface area contributed by atoms with Crippen LogP contribution in [-0.2, 0) is 20.7 Å². The average molecular weight is 341 g/mol. The molecule has 2 N–H and O–H groups in total. The number of carbonyl (C=O) groups is 2. The van der Waals surface area contributed by atoms with Crippen LogP contribution in [0.4, 0.5) is 0 Å². The molecule has 0 aliphatic rings. The van der Waals surface area contributed by atoms with E-state index in [1.165, 1.54) is 0 Å². The van der Waals surface area contributed by atoms with Gasteiger partial charge in [0.2, 0.25) is 0 Å². The van der Waals surface area contributed by atoms with E-state index >= 15 is 0 Å². The third kappa shape index (κ3) is 5.43. The Labute approximate surface area is 147 Å². The van der Waals surface area contributed by atoms with Crippen LogP contribution in [0, 0.1) is 0 Å². The van der Waals surface area contributed by atoms with Gasteiger partial charge in [-0.05, 0) is 37.0 Å². The van der Waals surface area contributed by atoms with Crippen LogP contribution in [0.1, 0.15) is 19.4 Å². The van der Waals surface area contributed by atoms with Crippen molar-refractivity contribution in [3.05, 3.63) is 60.2 Å². The predicted octanol–water partition coefficient (Wildman–Crippen LogP) is 2.89. The lowest BCUT2D eigenvalue weighted by Crippen LogP contribution is -2.47. The Hall–Kier alpha value is -2.66. The Morgan fingerprint density at radius 3 is 2.20 bits per heavy atom. The summed E-state index contributed by atoms with van der Waals surface area (Å²) < 4.78 is 4.90. The largest absolute Gasteiger partial charge is 0.480 e. The van der Waals surface area contributed by atoms with Gasteiger partial charge in [-0.1, -0.05) is 54.6 Å². The maximum absolute atomic E-state index is 11.7. The second kappa shape index (κ2) is 8.99. The molecule has 0 aliphatic carbocycles. The zero-order valence-electron chi connectivity index (χ0n) is 14.4. The van der Waals surface area contributed by atoms with E-state index in [0.29, 0.717) is 0 Å². The number of carboxylic acids is 1. The molecule has 2 aromatic carbocycles. The molecule has 5 nitrogen and oxygen atoms in total. The molecular weight excluding hydrogens is 318 g/mol. The molecule has 0 saturated carbocycles. The highest BCUT2D eigenvalue weighted by Crippen LogP contribution is 2.19. The van der Waals surface area contributed by atoms with E-state index in [1.54, 1.807) is 13.8 Å². The number of hydrogen-bond donors (Lipinski definition) is 2. The molecule has 0 spiro atoms. The SMILES string of the molecule is CCOC(=O)C(C)NC(Cc1ccc(-c2ccccc2)cc1)C(=O)O. The first-order chi connectivity index (χ1) is 12.0. The molecule has 0 fully saturated rings. The molecule has 2 rings (SSSR count). The molecule has 0 amide bonds. The molecule has 25 heavy (non-hydrogen) atoms. The van der Waals surface area contributed by atoms with Crippen LogP contribution in [0.3, 0.4) is 0 Å². The lowest BCUT2D eigenvalue weighted by molar-refractivity contribution is -0.146. The molecule has 2 atom stereocenters. The summed E-state index contributed by atoms with van der Waals surface area (Å²) in [5.41, 5.74) is 3.07. The lowest BCUT2D eigenvalue weighted by atomic mass is 10.0. The number of nitrogens with one attached hydrogen (secondary N) is 1. The van der Waals surface area contributed by atoms with Gasteiger partial charge in [0.25, 0.3) is 0 Å². The summed E-state index contributed by atoms with van der Waals surface area (Å²) in [4.78, 5) is 23.2. The second-order valence-electron chi connectivity index (χ2n) is 5.80. The zero-order chi connectivity index (χ0) is 18.2. The number of carbonyl (C=O) groups excluding carboxylic acids is 1. The lowest BCUT2D eigenvalue weighted by Gasteiger charge is -2.19. The fraction of sp³-hybridized carbons (Fsp3) is 0.300. The highest BCUT2D eigenvalue weighted by molar-refractivity contribution is 5.78. The highest BCUT2D eigenvalue weighted by Gasteiger charge is 2.24. The van der Waals surface area contributed by atoms with E-state index in [0.717, 1.165) is 16.7 Å². The van der Waals surface area contributed by atoms with E-state index in [9.17, 15) is 14.7 Å². The van der Waals surface area contributed by atoms with Crippen molar-refractivity contribution in [1.82, 2.24) is 5.32 Å². The van der Waals surface area contributed by atoms with Gasteiger partial charge in [0.15, 0.2) is 0 Å². The predicted molar refractivity (Wildman–Crippen MR) is 96.2 cm³/mol. The Kier molecular flexibility index (Phi) is 6.71. The normalized spacial score (nSPS) is 13.0. The van der Waals surface area contributed by atoms with Crippen molar-refractivity contribution in [3.8, 4) is 11.1 Å². The van der Waals surface area contributed by atoms with Gasteiger partial charge in [-0.3, -0.25) is 14.9 Å². The molecule has 0 aliphatic heterocycles. The van der Waals surface area contributed by atoms with Gasteiger partial charge >= 0.3 is 11.9 Å². The second-order valence-corrected chi connectivity index (χ2v) is 5.80. The van der Waals surface area contributed by atoms with Gasteiger partial charge in [-0.2, -0.15) is 0 Å². The third-order valence-corrected chi connectivity index (χ3v) is 3.89. The monoisotopic (exact) mass is 341 g/mol. The molecular formula is C20H23NO4. The summed E-state index contributed by atoms with van der Waals surface area (Å²) >= 11 is 0. The first kappa shape index (κ1) is 18.7. The zero-order valence-corrected chi connectivity index (χ0v) is 14.4.